The van der Waals surface area contributed by atoms with Crippen molar-refractivity contribution < 1.29 is 4.74 Å². The molecule has 0 saturated heterocycles. The summed E-state index contributed by atoms with van der Waals surface area (Å²) in [6.07, 6.45) is 3.12. The van der Waals surface area contributed by atoms with Crippen molar-refractivity contribution in [1.29, 1.82) is 0 Å². The minimum absolute atomic E-state index is 0.738. The van der Waals surface area contributed by atoms with E-state index in [0.29, 0.717) is 0 Å². The Hall–Kier alpha value is -1.09. The lowest BCUT2D eigenvalue weighted by molar-refractivity contribution is 0.304. The SMILES string of the molecule is CCCNCc1cc(CC)nc(OCCC)c1. The fourth-order valence-electron chi connectivity index (χ4n) is 1.59. The predicted molar refractivity (Wildman–Crippen MR) is 71.4 cm³/mol. The molecule has 0 spiro atoms. The first-order valence-electron chi connectivity index (χ1n) is 6.63. The molecule has 0 saturated carbocycles. The van der Waals surface area contributed by atoms with E-state index in [1.54, 1.807) is 0 Å². The van der Waals surface area contributed by atoms with Crippen molar-refractivity contribution in [3.05, 3.63) is 23.4 Å². The first-order valence-corrected chi connectivity index (χ1v) is 6.63. The third-order valence-corrected chi connectivity index (χ3v) is 2.49. The normalized spacial score (nSPS) is 10.5. The van der Waals surface area contributed by atoms with E-state index < -0.39 is 0 Å². The first-order chi connectivity index (χ1) is 8.30. The fraction of sp³-hybridized carbons (Fsp3) is 0.643. The summed E-state index contributed by atoms with van der Waals surface area (Å²) in [6.45, 7) is 9.08. The van der Waals surface area contributed by atoms with Crippen LogP contribution in [0.3, 0.4) is 0 Å². The Labute approximate surface area is 105 Å². The summed E-state index contributed by atoms with van der Waals surface area (Å²) in [7, 11) is 0. The van der Waals surface area contributed by atoms with Crippen molar-refractivity contribution in [2.75, 3.05) is 13.2 Å². The highest BCUT2D eigenvalue weighted by molar-refractivity contribution is 5.25. The van der Waals surface area contributed by atoms with Gasteiger partial charge < -0.3 is 10.1 Å². The van der Waals surface area contributed by atoms with Gasteiger partial charge in [-0.25, -0.2) is 4.98 Å². The van der Waals surface area contributed by atoms with Crippen molar-refractivity contribution in [3.63, 3.8) is 0 Å². The van der Waals surface area contributed by atoms with Gasteiger partial charge >= 0.3 is 0 Å². The van der Waals surface area contributed by atoms with Gasteiger partial charge in [0, 0.05) is 18.3 Å². The Morgan fingerprint density at radius 2 is 2.00 bits per heavy atom. The minimum Gasteiger partial charge on any atom is -0.478 e. The number of nitrogens with one attached hydrogen (secondary N) is 1. The molecule has 1 N–H and O–H groups in total. The zero-order chi connectivity index (χ0) is 12.5. The van der Waals surface area contributed by atoms with E-state index in [1.165, 1.54) is 5.56 Å². The molecule has 0 aliphatic rings. The Bertz CT molecular complexity index is 326. The molecular weight excluding hydrogens is 212 g/mol. The first kappa shape index (κ1) is 14.0. The molecule has 3 nitrogen and oxygen atoms in total. The highest BCUT2D eigenvalue weighted by Gasteiger charge is 2.02. The number of aromatic nitrogens is 1. The molecular formula is C14H24N2O. The molecule has 17 heavy (non-hydrogen) atoms. The molecule has 0 unspecified atom stereocenters. The maximum atomic E-state index is 5.61. The molecule has 0 fully saturated rings. The molecule has 1 aromatic rings. The lowest BCUT2D eigenvalue weighted by Gasteiger charge is -2.09. The van der Waals surface area contributed by atoms with Crippen LogP contribution in [-0.4, -0.2) is 18.1 Å². The van der Waals surface area contributed by atoms with Gasteiger partial charge in [0.1, 0.15) is 0 Å². The highest BCUT2D eigenvalue weighted by atomic mass is 16.5. The Morgan fingerprint density at radius 3 is 2.65 bits per heavy atom. The molecule has 0 bridgehead atoms. The maximum Gasteiger partial charge on any atom is 0.213 e. The third-order valence-electron chi connectivity index (χ3n) is 2.49. The standard InChI is InChI=1S/C14H24N2O/c1-4-7-15-11-12-9-13(6-3)16-14(10-12)17-8-5-2/h9-10,15H,4-8,11H2,1-3H3. The Morgan fingerprint density at radius 1 is 1.18 bits per heavy atom. The fourth-order valence-corrected chi connectivity index (χ4v) is 1.59. The van der Waals surface area contributed by atoms with Crippen LogP contribution in [0.5, 0.6) is 5.88 Å². The zero-order valence-electron chi connectivity index (χ0n) is 11.3. The van der Waals surface area contributed by atoms with Crippen molar-refractivity contribution >= 4 is 0 Å². The smallest absolute Gasteiger partial charge is 0.213 e. The van der Waals surface area contributed by atoms with Crippen LogP contribution in [0.1, 0.15) is 44.9 Å². The average molecular weight is 236 g/mol. The molecule has 0 aromatic carbocycles. The summed E-state index contributed by atoms with van der Waals surface area (Å²) in [5, 5.41) is 3.40. The average Bonchev–Trinajstić information content (AvgIpc) is 2.36. The Kier molecular flexibility index (Phi) is 6.63. The largest absolute Gasteiger partial charge is 0.478 e. The summed E-state index contributed by atoms with van der Waals surface area (Å²) in [6, 6.07) is 4.19. The van der Waals surface area contributed by atoms with Gasteiger partial charge in [0.2, 0.25) is 5.88 Å². The summed E-state index contributed by atoms with van der Waals surface area (Å²) in [5.74, 6) is 0.763. The number of aryl methyl sites for hydroxylation is 1. The Balaban J connectivity index is 2.67. The maximum absolute atomic E-state index is 5.61. The van der Waals surface area contributed by atoms with E-state index in [4.69, 9.17) is 4.74 Å². The molecule has 0 amide bonds. The van der Waals surface area contributed by atoms with Gasteiger partial charge in [-0.1, -0.05) is 20.8 Å². The van der Waals surface area contributed by atoms with E-state index >= 15 is 0 Å². The topological polar surface area (TPSA) is 34.2 Å². The predicted octanol–water partition coefficient (Wildman–Crippen LogP) is 2.93. The van der Waals surface area contributed by atoms with Gasteiger partial charge in [-0.15, -0.1) is 0 Å². The summed E-state index contributed by atoms with van der Waals surface area (Å²) in [4.78, 5) is 4.47. The van der Waals surface area contributed by atoms with Gasteiger partial charge in [0.05, 0.1) is 6.61 Å². The van der Waals surface area contributed by atoms with Gasteiger partial charge in [-0.2, -0.15) is 0 Å². The van der Waals surface area contributed by atoms with Crippen LogP contribution in [-0.2, 0) is 13.0 Å². The number of hydrogen-bond acceptors (Lipinski definition) is 3. The van der Waals surface area contributed by atoms with E-state index in [9.17, 15) is 0 Å². The van der Waals surface area contributed by atoms with Crippen molar-refractivity contribution in [1.82, 2.24) is 10.3 Å². The number of hydrogen-bond donors (Lipinski definition) is 1. The molecule has 0 aliphatic carbocycles. The van der Waals surface area contributed by atoms with Gasteiger partial charge in [0.15, 0.2) is 0 Å². The number of nitrogens with zero attached hydrogens (tertiary/aromatic N) is 1. The van der Waals surface area contributed by atoms with E-state index in [1.807, 2.05) is 6.07 Å². The van der Waals surface area contributed by atoms with Crippen LogP contribution in [0, 0.1) is 0 Å². The van der Waals surface area contributed by atoms with Crippen molar-refractivity contribution in [3.8, 4) is 5.88 Å². The minimum atomic E-state index is 0.738. The second-order valence-electron chi connectivity index (χ2n) is 4.18. The number of ether oxygens (including phenoxy) is 1. The van der Waals surface area contributed by atoms with Crippen molar-refractivity contribution in [2.45, 2.75) is 46.6 Å². The molecule has 96 valence electrons. The number of pyridine rings is 1. The van der Waals surface area contributed by atoms with Crippen LogP contribution in [0.2, 0.25) is 0 Å². The summed E-state index contributed by atoms with van der Waals surface area (Å²) >= 11 is 0. The second kappa shape index (κ2) is 8.07. The summed E-state index contributed by atoms with van der Waals surface area (Å²) < 4.78 is 5.61. The van der Waals surface area contributed by atoms with E-state index in [2.05, 4.69) is 37.1 Å². The highest BCUT2D eigenvalue weighted by Crippen LogP contribution is 2.13. The zero-order valence-corrected chi connectivity index (χ0v) is 11.3. The van der Waals surface area contributed by atoms with E-state index in [-0.39, 0.29) is 0 Å². The second-order valence-corrected chi connectivity index (χ2v) is 4.18. The molecule has 3 heteroatoms. The van der Waals surface area contributed by atoms with Crippen LogP contribution in [0.25, 0.3) is 0 Å². The van der Waals surface area contributed by atoms with Gasteiger partial charge in [-0.3, -0.25) is 0 Å². The quantitative estimate of drug-likeness (QED) is 0.705. The van der Waals surface area contributed by atoms with Crippen LogP contribution in [0.4, 0.5) is 0 Å². The monoisotopic (exact) mass is 236 g/mol. The third kappa shape index (κ3) is 5.18. The van der Waals surface area contributed by atoms with Gasteiger partial charge in [-0.05, 0) is 37.4 Å². The molecule has 1 heterocycles. The molecule has 0 aliphatic heterocycles. The number of rotatable bonds is 8. The lowest BCUT2D eigenvalue weighted by Crippen LogP contribution is -2.14. The van der Waals surface area contributed by atoms with Crippen LogP contribution < -0.4 is 10.1 Å². The van der Waals surface area contributed by atoms with Crippen LogP contribution in [0.15, 0.2) is 12.1 Å². The molecule has 0 radical (unpaired) electrons. The molecule has 0 atom stereocenters. The van der Waals surface area contributed by atoms with Gasteiger partial charge in [0.25, 0.3) is 0 Å². The lowest BCUT2D eigenvalue weighted by atomic mass is 10.2. The molecule has 1 aromatic heterocycles. The molecule has 1 rings (SSSR count). The van der Waals surface area contributed by atoms with E-state index in [0.717, 1.165) is 50.5 Å². The van der Waals surface area contributed by atoms with Crippen molar-refractivity contribution in [2.24, 2.45) is 0 Å². The van der Waals surface area contributed by atoms with Crippen LogP contribution >= 0.6 is 0 Å². The summed E-state index contributed by atoms with van der Waals surface area (Å²) in [5.41, 5.74) is 2.36.